The summed E-state index contributed by atoms with van der Waals surface area (Å²) in [5, 5.41) is 3.54. The molecule has 3 heteroatoms. The third-order valence-electron chi connectivity index (χ3n) is 3.49. The zero-order valence-corrected chi connectivity index (χ0v) is 11.7. The first-order valence-corrected chi connectivity index (χ1v) is 7.30. The molecule has 0 saturated heterocycles. The highest BCUT2D eigenvalue weighted by molar-refractivity contribution is 5.15. The molecule has 1 aromatic heterocycles. The Morgan fingerprint density at radius 3 is 2.94 bits per heavy atom. The molecule has 102 valence electrons. The van der Waals surface area contributed by atoms with E-state index in [0.717, 1.165) is 19.1 Å². The van der Waals surface area contributed by atoms with Crippen molar-refractivity contribution < 1.29 is 4.74 Å². The number of ether oxygens (including phenoxy) is 1. The van der Waals surface area contributed by atoms with Crippen LogP contribution in [0.3, 0.4) is 0 Å². The van der Waals surface area contributed by atoms with Gasteiger partial charge in [-0.05, 0) is 43.4 Å². The molecule has 1 unspecified atom stereocenters. The van der Waals surface area contributed by atoms with Crippen LogP contribution in [0.5, 0.6) is 0 Å². The molecule has 0 aliphatic heterocycles. The first-order valence-electron chi connectivity index (χ1n) is 7.30. The lowest BCUT2D eigenvalue weighted by molar-refractivity contribution is 0.0691. The summed E-state index contributed by atoms with van der Waals surface area (Å²) in [5.41, 5.74) is 1.38. The van der Waals surface area contributed by atoms with Crippen LogP contribution in [0.25, 0.3) is 0 Å². The maximum absolute atomic E-state index is 5.70. The summed E-state index contributed by atoms with van der Waals surface area (Å²) in [6.45, 7) is 7.05. The summed E-state index contributed by atoms with van der Waals surface area (Å²) < 4.78 is 7.85. The van der Waals surface area contributed by atoms with Crippen LogP contribution >= 0.6 is 0 Å². The van der Waals surface area contributed by atoms with E-state index in [1.54, 1.807) is 0 Å². The fraction of sp³-hybridized carbons (Fsp3) is 0.733. The zero-order valence-electron chi connectivity index (χ0n) is 11.7. The highest BCUT2D eigenvalue weighted by Gasteiger charge is 2.21. The Hall–Kier alpha value is -0.800. The van der Waals surface area contributed by atoms with Crippen LogP contribution in [0.15, 0.2) is 18.5 Å². The molecule has 0 bridgehead atoms. The van der Waals surface area contributed by atoms with Gasteiger partial charge in [-0.25, -0.2) is 0 Å². The molecule has 1 fully saturated rings. The topological polar surface area (TPSA) is 26.2 Å². The molecule has 2 rings (SSSR count). The second-order valence-electron chi connectivity index (χ2n) is 5.30. The van der Waals surface area contributed by atoms with Crippen molar-refractivity contribution >= 4 is 0 Å². The summed E-state index contributed by atoms with van der Waals surface area (Å²) in [4.78, 5) is 0. The van der Waals surface area contributed by atoms with E-state index in [4.69, 9.17) is 4.74 Å². The molecule has 1 aliphatic carbocycles. The number of hydrogen-bond donors (Lipinski definition) is 1. The van der Waals surface area contributed by atoms with Crippen molar-refractivity contribution in [3.05, 3.63) is 24.0 Å². The van der Waals surface area contributed by atoms with E-state index in [9.17, 15) is 0 Å². The lowest BCUT2D eigenvalue weighted by Crippen LogP contribution is -2.20. The Morgan fingerprint density at radius 1 is 1.44 bits per heavy atom. The first-order chi connectivity index (χ1) is 8.83. The summed E-state index contributed by atoms with van der Waals surface area (Å²) in [7, 11) is 0. The van der Waals surface area contributed by atoms with Gasteiger partial charge in [0.1, 0.15) is 6.73 Å². The highest BCUT2D eigenvalue weighted by Crippen LogP contribution is 2.28. The molecule has 18 heavy (non-hydrogen) atoms. The van der Waals surface area contributed by atoms with Crippen LogP contribution in [-0.2, 0) is 11.5 Å². The maximum Gasteiger partial charge on any atom is 0.122 e. The first kappa shape index (κ1) is 13.6. The van der Waals surface area contributed by atoms with Crippen molar-refractivity contribution in [2.45, 2.75) is 52.3 Å². The maximum atomic E-state index is 5.70. The van der Waals surface area contributed by atoms with Crippen molar-refractivity contribution in [3.8, 4) is 0 Å². The van der Waals surface area contributed by atoms with Crippen LogP contribution in [0.2, 0.25) is 0 Å². The van der Waals surface area contributed by atoms with Gasteiger partial charge in [-0.15, -0.1) is 0 Å². The van der Waals surface area contributed by atoms with Gasteiger partial charge in [-0.1, -0.05) is 20.3 Å². The van der Waals surface area contributed by atoms with Crippen LogP contribution < -0.4 is 5.32 Å². The number of hydrogen-bond acceptors (Lipinski definition) is 2. The van der Waals surface area contributed by atoms with Gasteiger partial charge in [0.05, 0.1) is 6.61 Å². The lowest BCUT2D eigenvalue weighted by Gasteiger charge is -2.15. The summed E-state index contributed by atoms with van der Waals surface area (Å²) in [6, 6.07) is 2.70. The Bertz CT molecular complexity index is 338. The predicted molar refractivity (Wildman–Crippen MR) is 74.4 cm³/mol. The van der Waals surface area contributed by atoms with Gasteiger partial charge in [0.15, 0.2) is 0 Å². The Kier molecular flexibility index (Phi) is 5.26. The van der Waals surface area contributed by atoms with Gasteiger partial charge in [0.2, 0.25) is 0 Å². The second-order valence-corrected chi connectivity index (χ2v) is 5.30. The van der Waals surface area contributed by atoms with E-state index in [-0.39, 0.29) is 0 Å². The van der Waals surface area contributed by atoms with Crippen molar-refractivity contribution in [3.63, 3.8) is 0 Å². The van der Waals surface area contributed by atoms with Gasteiger partial charge < -0.3 is 14.6 Å². The van der Waals surface area contributed by atoms with Crippen molar-refractivity contribution in [1.82, 2.24) is 9.88 Å². The Morgan fingerprint density at radius 2 is 2.28 bits per heavy atom. The van der Waals surface area contributed by atoms with Gasteiger partial charge in [0.25, 0.3) is 0 Å². The van der Waals surface area contributed by atoms with E-state index in [0.29, 0.717) is 12.8 Å². The molecule has 0 amide bonds. The monoisotopic (exact) mass is 250 g/mol. The number of aromatic nitrogens is 1. The zero-order chi connectivity index (χ0) is 12.8. The summed E-state index contributed by atoms with van der Waals surface area (Å²) in [6.07, 6.45) is 9.46. The molecular formula is C15H26N2O. The molecule has 0 aromatic carbocycles. The van der Waals surface area contributed by atoms with Gasteiger partial charge >= 0.3 is 0 Å². The van der Waals surface area contributed by atoms with Gasteiger partial charge in [-0.2, -0.15) is 0 Å². The summed E-state index contributed by atoms with van der Waals surface area (Å²) in [5.74, 6) is 0.842. The molecule has 3 nitrogen and oxygen atoms in total. The average Bonchev–Trinajstić information content (AvgIpc) is 3.06. The fourth-order valence-corrected chi connectivity index (χ4v) is 2.28. The SMILES string of the molecule is CCCC(NCC)c1ccn(COCC2CC2)c1. The third kappa shape index (κ3) is 4.14. The number of rotatable bonds is 9. The van der Waals surface area contributed by atoms with Crippen LogP contribution in [-0.4, -0.2) is 17.7 Å². The van der Waals surface area contributed by atoms with Crippen LogP contribution in [0.1, 0.15) is 51.1 Å². The fourth-order valence-electron chi connectivity index (χ4n) is 2.28. The minimum atomic E-state index is 0.490. The minimum Gasteiger partial charge on any atom is -0.361 e. The molecule has 1 heterocycles. The van der Waals surface area contributed by atoms with Crippen LogP contribution in [0.4, 0.5) is 0 Å². The van der Waals surface area contributed by atoms with E-state index in [2.05, 4.69) is 42.2 Å². The highest BCUT2D eigenvalue weighted by atomic mass is 16.5. The largest absolute Gasteiger partial charge is 0.361 e. The predicted octanol–water partition coefficient (Wildman–Crippen LogP) is 3.32. The molecule has 1 aromatic rings. The van der Waals surface area contributed by atoms with E-state index in [1.165, 1.54) is 31.2 Å². The van der Waals surface area contributed by atoms with Crippen molar-refractivity contribution in [2.75, 3.05) is 13.2 Å². The smallest absolute Gasteiger partial charge is 0.122 e. The Balaban J connectivity index is 1.81. The number of nitrogens with zero attached hydrogens (tertiary/aromatic N) is 1. The van der Waals surface area contributed by atoms with E-state index in [1.807, 2.05) is 0 Å². The van der Waals surface area contributed by atoms with Crippen molar-refractivity contribution in [2.24, 2.45) is 5.92 Å². The Labute approximate surface area is 111 Å². The van der Waals surface area contributed by atoms with E-state index >= 15 is 0 Å². The number of nitrogens with one attached hydrogen (secondary N) is 1. The molecular weight excluding hydrogens is 224 g/mol. The van der Waals surface area contributed by atoms with Crippen molar-refractivity contribution in [1.29, 1.82) is 0 Å². The standard InChI is InChI=1S/C15H26N2O/c1-3-5-15(16-4-2)14-8-9-17(10-14)12-18-11-13-6-7-13/h8-10,13,15-16H,3-7,11-12H2,1-2H3. The molecule has 0 spiro atoms. The molecule has 1 saturated carbocycles. The molecule has 1 N–H and O–H groups in total. The normalized spacial score (nSPS) is 17.0. The minimum absolute atomic E-state index is 0.490. The third-order valence-corrected chi connectivity index (χ3v) is 3.49. The van der Waals surface area contributed by atoms with Gasteiger partial charge in [0, 0.05) is 18.4 Å². The molecule has 0 radical (unpaired) electrons. The van der Waals surface area contributed by atoms with Gasteiger partial charge in [-0.3, -0.25) is 0 Å². The second kappa shape index (κ2) is 6.95. The van der Waals surface area contributed by atoms with Crippen LogP contribution in [0, 0.1) is 5.92 Å². The summed E-state index contributed by atoms with van der Waals surface area (Å²) >= 11 is 0. The van der Waals surface area contributed by atoms with E-state index < -0.39 is 0 Å². The average molecular weight is 250 g/mol. The quantitative estimate of drug-likeness (QED) is 0.727. The lowest BCUT2D eigenvalue weighted by atomic mass is 10.1. The molecule has 1 aliphatic rings. The molecule has 1 atom stereocenters.